The summed E-state index contributed by atoms with van der Waals surface area (Å²) in [7, 11) is 0. The molecule has 1 aliphatic carbocycles. The smallest absolute Gasteiger partial charge is 0.369 e. The SMILES string of the molecule is NC(=O)[C@H]1CCN(C(=O)C2(c3cccc(C(F)(F)F)c3)CC2)C1. The van der Waals surface area contributed by atoms with E-state index in [1.807, 2.05) is 0 Å². The number of hydrogen-bond acceptors (Lipinski definition) is 2. The monoisotopic (exact) mass is 326 g/mol. The van der Waals surface area contributed by atoms with Crippen LogP contribution in [0.4, 0.5) is 13.2 Å². The van der Waals surface area contributed by atoms with Crippen LogP contribution in [0.5, 0.6) is 0 Å². The largest absolute Gasteiger partial charge is 0.416 e. The molecular formula is C16H17F3N2O2. The summed E-state index contributed by atoms with van der Waals surface area (Å²) in [5.74, 6) is -0.999. The molecule has 2 aliphatic rings. The molecule has 4 nitrogen and oxygen atoms in total. The summed E-state index contributed by atoms with van der Waals surface area (Å²) in [6.07, 6.45) is -2.85. The molecule has 1 heterocycles. The van der Waals surface area contributed by atoms with Crippen molar-refractivity contribution in [2.45, 2.75) is 30.9 Å². The quantitative estimate of drug-likeness (QED) is 0.924. The maximum absolute atomic E-state index is 12.9. The number of carbonyl (C=O) groups excluding carboxylic acids is 2. The number of carbonyl (C=O) groups is 2. The maximum Gasteiger partial charge on any atom is 0.416 e. The Morgan fingerprint density at radius 1 is 1.26 bits per heavy atom. The molecule has 1 aliphatic heterocycles. The van der Waals surface area contributed by atoms with Crippen LogP contribution in [-0.2, 0) is 21.2 Å². The van der Waals surface area contributed by atoms with Crippen LogP contribution in [0, 0.1) is 5.92 Å². The average molecular weight is 326 g/mol. The summed E-state index contributed by atoms with van der Waals surface area (Å²) < 4.78 is 38.6. The lowest BCUT2D eigenvalue weighted by atomic mass is 9.92. The third kappa shape index (κ3) is 2.80. The molecule has 1 atom stereocenters. The number of halogens is 3. The minimum atomic E-state index is -4.43. The second kappa shape index (κ2) is 5.25. The van der Waals surface area contributed by atoms with Crippen LogP contribution in [0.25, 0.3) is 0 Å². The van der Waals surface area contributed by atoms with E-state index in [1.165, 1.54) is 6.07 Å². The molecule has 2 N–H and O–H groups in total. The fraction of sp³-hybridized carbons (Fsp3) is 0.500. The molecule has 3 rings (SSSR count). The Balaban J connectivity index is 1.83. The Morgan fingerprint density at radius 3 is 2.48 bits per heavy atom. The molecule has 2 fully saturated rings. The van der Waals surface area contributed by atoms with E-state index in [-0.39, 0.29) is 18.4 Å². The molecule has 1 saturated heterocycles. The van der Waals surface area contributed by atoms with Crippen LogP contribution >= 0.6 is 0 Å². The topological polar surface area (TPSA) is 63.4 Å². The molecule has 124 valence electrons. The number of amides is 2. The second-order valence-electron chi connectivity index (χ2n) is 6.30. The fourth-order valence-corrected chi connectivity index (χ4v) is 3.22. The maximum atomic E-state index is 12.9. The van der Waals surface area contributed by atoms with Crippen molar-refractivity contribution >= 4 is 11.8 Å². The van der Waals surface area contributed by atoms with Gasteiger partial charge >= 0.3 is 6.18 Å². The summed E-state index contributed by atoms with van der Waals surface area (Å²) in [5.41, 5.74) is 4.05. The Hall–Kier alpha value is -2.05. The van der Waals surface area contributed by atoms with Gasteiger partial charge < -0.3 is 10.6 Å². The van der Waals surface area contributed by atoms with Gasteiger partial charge in [-0.15, -0.1) is 0 Å². The average Bonchev–Trinajstić information content (AvgIpc) is 3.15. The second-order valence-corrected chi connectivity index (χ2v) is 6.30. The molecular weight excluding hydrogens is 309 g/mol. The van der Waals surface area contributed by atoms with Gasteiger partial charge in [-0.05, 0) is 30.9 Å². The van der Waals surface area contributed by atoms with Gasteiger partial charge in [-0.3, -0.25) is 9.59 Å². The highest BCUT2D eigenvalue weighted by molar-refractivity contribution is 5.92. The van der Waals surface area contributed by atoms with E-state index in [9.17, 15) is 22.8 Å². The van der Waals surface area contributed by atoms with Crippen molar-refractivity contribution in [3.05, 3.63) is 35.4 Å². The van der Waals surface area contributed by atoms with Crippen molar-refractivity contribution in [2.24, 2.45) is 11.7 Å². The Labute approximate surface area is 131 Å². The fourth-order valence-electron chi connectivity index (χ4n) is 3.22. The molecule has 1 aromatic carbocycles. The van der Waals surface area contributed by atoms with E-state index >= 15 is 0 Å². The van der Waals surface area contributed by atoms with Crippen LogP contribution < -0.4 is 5.73 Å². The molecule has 0 radical (unpaired) electrons. The van der Waals surface area contributed by atoms with Crippen molar-refractivity contribution in [3.63, 3.8) is 0 Å². The minimum Gasteiger partial charge on any atom is -0.369 e. The van der Waals surface area contributed by atoms with Crippen LogP contribution in [0.1, 0.15) is 30.4 Å². The van der Waals surface area contributed by atoms with Gasteiger partial charge in [-0.1, -0.05) is 18.2 Å². The van der Waals surface area contributed by atoms with Gasteiger partial charge in [0.2, 0.25) is 11.8 Å². The third-order valence-electron chi connectivity index (χ3n) is 4.78. The Bertz CT molecular complexity index is 653. The number of hydrogen-bond donors (Lipinski definition) is 1. The standard InChI is InChI=1S/C16H17F3N2O2/c17-16(18,19)12-3-1-2-11(8-12)15(5-6-15)14(23)21-7-4-10(9-21)13(20)22/h1-3,8,10H,4-7,9H2,(H2,20,22)/t10-/m0/s1. The van der Waals surface area contributed by atoms with Crippen molar-refractivity contribution in [3.8, 4) is 0 Å². The van der Waals surface area contributed by atoms with Gasteiger partial charge in [0.05, 0.1) is 16.9 Å². The first-order valence-corrected chi connectivity index (χ1v) is 7.50. The lowest BCUT2D eigenvalue weighted by Gasteiger charge is -2.24. The van der Waals surface area contributed by atoms with Crippen molar-refractivity contribution in [1.82, 2.24) is 4.90 Å². The number of nitrogens with two attached hydrogens (primary N) is 1. The molecule has 7 heteroatoms. The molecule has 0 bridgehead atoms. The van der Waals surface area contributed by atoms with Gasteiger partial charge in [-0.25, -0.2) is 0 Å². The van der Waals surface area contributed by atoms with Gasteiger partial charge in [0.15, 0.2) is 0 Å². The highest BCUT2D eigenvalue weighted by atomic mass is 19.4. The molecule has 0 aromatic heterocycles. The zero-order valence-electron chi connectivity index (χ0n) is 12.4. The van der Waals surface area contributed by atoms with Crippen molar-refractivity contribution in [2.75, 3.05) is 13.1 Å². The molecule has 0 spiro atoms. The van der Waals surface area contributed by atoms with E-state index in [2.05, 4.69) is 0 Å². The number of nitrogens with zero attached hydrogens (tertiary/aromatic N) is 1. The van der Waals surface area contributed by atoms with E-state index in [0.717, 1.165) is 12.1 Å². The van der Waals surface area contributed by atoms with Crippen molar-refractivity contribution in [1.29, 1.82) is 0 Å². The normalized spacial score (nSPS) is 22.9. The first kappa shape index (κ1) is 15.8. The zero-order chi connectivity index (χ0) is 16.8. The van der Waals surface area contributed by atoms with Crippen LogP contribution in [0.2, 0.25) is 0 Å². The minimum absolute atomic E-state index is 0.194. The summed E-state index contributed by atoms with van der Waals surface area (Å²) in [6.45, 7) is 0.683. The summed E-state index contributed by atoms with van der Waals surface area (Å²) in [5, 5.41) is 0. The first-order valence-electron chi connectivity index (χ1n) is 7.50. The highest BCUT2D eigenvalue weighted by Gasteiger charge is 2.54. The van der Waals surface area contributed by atoms with Crippen LogP contribution in [0.3, 0.4) is 0 Å². The molecule has 1 aromatic rings. The summed E-state index contributed by atoms with van der Waals surface area (Å²) >= 11 is 0. The lowest BCUT2D eigenvalue weighted by molar-refractivity contribution is -0.138. The third-order valence-corrected chi connectivity index (χ3v) is 4.78. The van der Waals surface area contributed by atoms with E-state index in [1.54, 1.807) is 11.0 Å². The molecule has 23 heavy (non-hydrogen) atoms. The molecule has 1 saturated carbocycles. The van der Waals surface area contributed by atoms with Gasteiger partial charge in [-0.2, -0.15) is 13.2 Å². The van der Waals surface area contributed by atoms with Gasteiger partial charge in [0.25, 0.3) is 0 Å². The van der Waals surface area contributed by atoms with E-state index in [4.69, 9.17) is 5.73 Å². The van der Waals surface area contributed by atoms with E-state index < -0.39 is 23.1 Å². The molecule has 2 amide bonds. The first-order chi connectivity index (χ1) is 10.7. The van der Waals surface area contributed by atoms with Gasteiger partial charge in [0.1, 0.15) is 0 Å². The number of benzene rings is 1. The number of alkyl halides is 3. The van der Waals surface area contributed by atoms with Crippen molar-refractivity contribution < 1.29 is 22.8 Å². The Kier molecular flexibility index (Phi) is 3.61. The van der Waals surface area contributed by atoms with E-state index in [0.29, 0.717) is 31.4 Å². The molecule has 0 unspecified atom stereocenters. The number of likely N-dealkylation sites (tertiary alicyclic amines) is 1. The number of primary amides is 1. The predicted octanol–water partition coefficient (Wildman–Crippen LogP) is 2.07. The van der Waals surface area contributed by atoms with Gasteiger partial charge in [0, 0.05) is 13.1 Å². The van der Waals surface area contributed by atoms with Crippen LogP contribution in [-0.4, -0.2) is 29.8 Å². The number of rotatable bonds is 3. The zero-order valence-corrected chi connectivity index (χ0v) is 12.4. The summed E-state index contributed by atoms with van der Waals surface area (Å²) in [4.78, 5) is 25.5. The summed E-state index contributed by atoms with van der Waals surface area (Å²) in [6, 6.07) is 4.97. The highest BCUT2D eigenvalue weighted by Crippen LogP contribution is 2.51. The lowest BCUT2D eigenvalue weighted by Crippen LogP contribution is -2.39. The predicted molar refractivity (Wildman–Crippen MR) is 76.2 cm³/mol. The Morgan fingerprint density at radius 2 is 1.96 bits per heavy atom. The van der Waals surface area contributed by atoms with Crippen LogP contribution in [0.15, 0.2) is 24.3 Å².